The van der Waals surface area contributed by atoms with Gasteiger partial charge in [0.15, 0.2) is 11.4 Å². The first-order chi connectivity index (χ1) is 17.2. The van der Waals surface area contributed by atoms with E-state index in [-0.39, 0.29) is 22.8 Å². The van der Waals surface area contributed by atoms with Crippen LogP contribution in [0.25, 0.3) is 11.0 Å². The maximum Gasteiger partial charge on any atom is 0.339 e. The lowest BCUT2D eigenvalue weighted by Gasteiger charge is -2.10. The molecule has 0 aliphatic rings. The van der Waals surface area contributed by atoms with Crippen molar-refractivity contribution >= 4 is 38.7 Å². The van der Waals surface area contributed by atoms with Crippen LogP contribution in [0.4, 0.5) is 5.82 Å². The standard InChI is InChI=1S/C24H21N5O6S/c1-4-21(30)25-11-17-12-26-29(14-17)13-16-9-15(2)22-19(10-16)35-27-23(22)28-36(32,33)20-8-6-5-7-18(20)24(31)34-3/h1,5-10,12,14H,11,13H2,2-3H3,(H,25,30)(H,27,28). The van der Waals surface area contributed by atoms with Gasteiger partial charge in [-0.05, 0) is 42.2 Å². The minimum atomic E-state index is -4.18. The van der Waals surface area contributed by atoms with Crippen molar-refractivity contribution in [2.24, 2.45) is 0 Å². The first-order valence-electron chi connectivity index (χ1n) is 10.6. The molecular weight excluding hydrogens is 486 g/mol. The molecule has 2 aromatic heterocycles. The van der Waals surface area contributed by atoms with Gasteiger partial charge < -0.3 is 14.6 Å². The topological polar surface area (TPSA) is 145 Å². The Labute approximate surface area is 206 Å². The van der Waals surface area contributed by atoms with Gasteiger partial charge in [-0.1, -0.05) is 23.4 Å². The lowest BCUT2D eigenvalue weighted by Crippen LogP contribution is -2.20. The van der Waals surface area contributed by atoms with Gasteiger partial charge in [0.05, 0.1) is 30.8 Å². The van der Waals surface area contributed by atoms with Crippen molar-refractivity contribution in [3.63, 3.8) is 0 Å². The van der Waals surface area contributed by atoms with Crippen LogP contribution in [-0.4, -0.2) is 42.3 Å². The third-order valence-corrected chi connectivity index (χ3v) is 6.66. The molecule has 0 fully saturated rings. The zero-order chi connectivity index (χ0) is 25.9. The molecule has 0 spiro atoms. The molecule has 2 heterocycles. The van der Waals surface area contributed by atoms with Gasteiger partial charge in [-0.2, -0.15) is 5.10 Å². The average molecular weight is 508 g/mol. The van der Waals surface area contributed by atoms with Crippen LogP contribution in [0.1, 0.15) is 27.0 Å². The van der Waals surface area contributed by atoms with Crippen LogP contribution in [0.3, 0.4) is 0 Å². The number of hydrogen-bond acceptors (Lipinski definition) is 8. The number of fused-ring (bicyclic) bond motifs is 1. The van der Waals surface area contributed by atoms with E-state index in [9.17, 15) is 18.0 Å². The van der Waals surface area contributed by atoms with Crippen LogP contribution >= 0.6 is 0 Å². The number of nitrogens with zero attached hydrogens (tertiary/aromatic N) is 3. The minimum absolute atomic E-state index is 0.000603. The SMILES string of the molecule is C#CC(=O)NCc1cnn(Cc2cc(C)c3c(NS(=O)(=O)c4ccccc4C(=O)OC)noc3c2)c1. The zero-order valence-electron chi connectivity index (χ0n) is 19.3. The number of aromatic nitrogens is 3. The van der Waals surface area contributed by atoms with E-state index in [0.717, 1.165) is 16.7 Å². The lowest BCUT2D eigenvalue weighted by molar-refractivity contribution is -0.115. The highest BCUT2D eigenvalue weighted by atomic mass is 32.2. The third-order valence-electron chi connectivity index (χ3n) is 5.26. The van der Waals surface area contributed by atoms with Crippen molar-refractivity contribution in [1.29, 1.82) is 0 Å². The first-order valence-corrected chi connectivity index (χ1v) is 12.0. The van der Waals surface area contributed by atoms with E-state index in [1.807, 2.05) is 12.0 Å². The Hall–Kier alpha value is -4.63. The number of ether oxygens (including phenoxy) is 1. The molecule has 11 nitrogen and oxygen atoms in total. The second kappa shape index (κ2) is 9.93. The third kappa shape index (κ3) is 5.06. The van der Waals surface area contributed by atoms with Crippen molar-refractivity contribution in [3.05, 3.63) is 71.0 Å². The van der Waals surface area contributed by atoms with Crippen LogP contribution in [-0.2, 0) is 32.6 Å². The summed E-state index contributed by atoms with van der Waals surface area (Å²) in [6.07, 6.45) is 8.43. The van der Waals surface area contributed by atoms with E-state index in [1.165, 1.54) is 25.3 Å². The predicted octanol–water partition coefficient (Wildman–Crippen LogP) is 2.22. The molecule has 4 aromatic rings. The van der Waals surface area contributed by atoms with Crippen molar-refractivity contribution in [1.82, 2.24) is 20.3 Å². The highest BCUT2D eigenvalue weighted by Crippen LogP contribution is 2.30. The Balaban J connectivity index is 1.57. The van der Waals surface area contributed by atoms with Crippen LogP contribution < -0.4 is 10.0 Å². The number of amides is 1. The van der Waals surface area contributed by atoms with Gasteiger partial charge in [0.25, 0.3) is 15.9 Å². The molecule has 0 aliphatic heterocycles. The van der Waals surface area contributed by atoms with Gasteiger partial charge in [0.2, 0.25) is 0 Å². The number of anilines is 1. The van der Waals surface area contributed by atoms with Crippen molar-refractivity contribution < 1.29 is 27.3 Å². The highest BCUT2D eigenvalue weighted by Gasteiger charge is 2.25. The van der Waals surface area contributed by atoms with Crippen LogP contribution in [0.15, 0.2) is 58.2 Å². The molecule has 0 saturated carbocycles. The Bertz CT molecular complexity index is 1610. The van der Waals surface area contributed by atoms with Gasteiger partial charge in [0.1, 0.15) is 4.90 Å². The van der Waals surface area contributed by atoms with Gasteiger partial charge in [0, 0.05) is 18.3 Å². The molecule has 0 unspecified atom stereocenters. The number of benzene rings is 2. The fourth-order valence-corrected chi connectivity index (χ4v) is 4.87. The smallest absolute Gasteiger partial charge is 0.339 e. The van der Waals surface area contributed by atoms with E-state index in [1.54, 1.807) is 36.1 Å². The van der Waals surface area contributed by atoms with Gasteiger partial charge in [-0.15, -0.1) is 6.42 Å². The van der Waals surface area contributed by atoms with E-state index in [0.29, 0.717) is 17.5 Å². The Morgan fingerprint density at radius 1 is 1.22 bits per heavy atom. The Morgan fingerprint density at radius 2 is 2.00 bits per heavy atom. The highest BCUT2D eigenvalue weighted by molar-refractivity contribution is 7.92. The normalized spacial score (nSPS) is 11.1. The quantitative estimate of drug-likeness (QED) is 0.273. The molecule has 0 bridgehead atoms. The van der Waals surface area contributed by atoms with E-state index in [2.05, 4.69) is 20.3 Å². The number of esters is 1. The summed E-state index contributed by atoms with van der Waals surface area (Å²) < 4.78 is 40.3. The monoisotopic (exact) mass is 507 g/mol. The molecular formula is C24H21N5O6S. The summed E-state index contributed by atoms with van der Waals surface area (Å²) in [5.41, 5.74) is 2.61. The molecule has 1 amide bonds. The fraction of sp³-hybridized carbons (Fsp3) is 0.167. The summed E-state index contributed by atoms with van der Waals surface area (Å²) in [4.78, 5) is 23.0. The molecule has 12 heteroatoms. The van der Waals surface area contributed by atoms with E-state index < -0.39 is 21.9 Å². The Morgan fingerprint density at radius 3 is 2.75 bits per heavy atom. The maximum absolute atomic E-state index is 13.1. The molecule has 2 aromatic carbocycles. The zero-order valence-corrected chi connectivity index (χ0v) is 20.1. The molecule has 0 radical (unpaired) electrons. The van der Waals surface area contributed by atoms with Gasteiger partial charge in [-0.25, -0.2) is 13.2 Å². The minimum Gasteiger partial charge on any atom is -0.465 e. The number of aryl methyl sites for hydroxylation is 1. The second-order valence-corrected chi connectivity index (χ2v) is 9.43. The summed E-state index contributed by atoms with van der Waals surface area (Å²) in [6, 6.07) is 9.31. The molecule has 4 rings (SSSR count). The second-order valence-electron chi connectivity index (χ2n) is 7.78. The van der Waals surface area contributed by atoms with Crippen molar-refractivity contribution in [2.75, 3.05) is 11.8 Å². The van der Waals surface area contributed by atoms with Crippen LogP contribution in [0.5, 0.6) is 0 Å². The van der Waals surface area contributed by atoms with Crippen molar-refractivity contribution in [3.8, 4) is 12.3 Å². The summed E-state index contributed by atoms with van der Waals surface area (Å²) in [6.45, 7) is 2.45. The predicted molar refractivity (Wildman–Crippen MR) is 129 cm³/mol. The van der Waals surface area contributed by atoms with E-state index in [4.69, 9.17) is 15.7 Å². The van der Waals surface area contributed by atoms with Gasteiger partial charge in [-0.3, -0.25) is 14.2 Å². The largest absolute Gasteiger partial charge is 0.465 e. The number of rotatable bonds is 8. The summed E-state index contributed by atoms with van der Waals surface area (Å²) >= 11 is 0. The maximum atomic E-state index is 13.1. The number of carbonyl (C=O) groups is 2. The average Bonchev–Trinajstić information content (AvgIpc) is 3.48. The summed E-state index contributed by atoms with van der Waals surface area (Å²) in [5, 5.41) is 11.2. The summed E-state index contributed by atoms with van der Waals surface area (Å²) in [5.74, 6) is 0.702. The summed E-state index contributed by atoms with van der Waals surface area (Å²) in [7, 11) is -3.00. The molecule has 0 aliphatic carbocycles. The number of methoxy groups -OCH3 is 1. The van der Waals surface area contributed by atoms with Crippen LogP contribution in [0.2, 0.25) is 0 Å². The Kier molecular flexibility index (Phi) is 6.75. The molecule has 184 valence electrons. The number of sulfonamides is 1. The van der Waals surface area contributed by atoms with Gasteiger partial charge >= 0.3 is 5.97 Å². The van der Waals surface area contributed by atoms with Crippen LogP contribution in [0, 0.1) is 19.3 Å². The number of hydrogen-bond donors (Lipinski definition) is 2. The van der Waals surface area contributed by atoms with Crippen molar-refractivity contribution in [2.45, 2.75) is 24.9 Å². The number of carbonyl (C=O) groups excluding carboxylic acids is 2. The molecule has 2 N–H and O–H groups in total. The molecule has 0 saturated heterocycles. The number of nitrogens with one attached hydrogen (secondary N) is 2. The van der Waals surface area contributed by atoms with E-state index >= 15 is 0 Å². The fourth-order valence-electron chi connectivity index (χ4n) is 3.67. The first kappa shape index (κ1) is 24.5. The molecule has 0 atom stereocenters. The molecule has 36 heavy (non-hydrogen) atoms. The lowest BCUT2D eigenvalue weighted by atomic mass is 10.1. The number of terminal acetylenes is 1.